The van der Waals surface area contributed by atoms with Crippen LogP contribution in [0.1, 0.15) is 11.5 Å². The molecule has 1 amide bonds. The summed E-state index contributed by atoms with van der Waals surface area (Å²) in [5, 5.41) is 8.96. The number of methoxy groups -OCH3 is 1. The molecule has 0 saturated heterocycles. The van der Waals surface area contributed by atoms with Gasteiger partial charge in [0, 0.05) is 7.11 Å². The molecule has 0 saturated carbocycles. The minimum atomic E-state index is -0.862. The van der Waals surface area contributed by atoms with Crippen LogP contribution in [0.25, 0.3) is 0 Å². The second-order valence-corrected chi connectivity index (χ2v) is 3.28. The number of hydrogen-bond donors (Lipinski definition) is 1. The van der Waals surface area contributed by atoms with Crippen LogP contribution < -0.4 is 5.48 Å². The van der Waals surface area contributed by atoms with E-state index in [4.69, 9.17) is 14.8 Å². The molecule has 0 spiro atoms. The van der Waals surface area contributed by atoms with Crippen LogP contribution in [0.5, 0.6) is 0 Å². The third kappa shape index (κ3) is 4.23. The summed E-state index contributed by atoms with van der Waals surface area (Å²) < 4.78 is 4.75. The van der Waals surface area contributed by atoms with Crippen molar-refractivity contribution in [2.75, 3.05) is 20.3 Å². The first-order chi connectivity index (χ1) is 8.29. The van der Waals surface area contributed by atoms with Gasteiger partial charge < -0.3 is 4.74 Å². The van der Waals surface area contributed by atoms with Gasteiger partial charge in [0.25, 0.3) is 5.91 Å². The molecule has 1 N–H and O–H groups in total. The van der Waals surface area contributed by atoms with Crippen LogP contribution in [0.3, 0.4) is 0 Å². The molecule has 1 rings (SSSR count). The van der Waals surface area contributed by atoms with Crippen LogP contribution in [0, 0.1) is 11.3 Å². The molecular formula is C12H14N2O3. The average Bonchev–Trinajstić information content (AvgIpc) is 2.37. The van der Waals surface area contributed by atoms with E-state index >= 15 is 0 Å². The van der Waals surface area contributed by atoms with Gasteiger partial charge in [-0.1, -0.05) is 30.3 Å². The third-order valence-electron chi connectivity index (χ3n) is 2.09. The highest BCUT2D eigenvalue weighted by Gasteiger charge is 2.19. The average molecular weight is 234 g/mol. The number of nitrogens with zero attached hydrogens (tertiary/aromatic N) is 1. The van der Waals surface area contributed by atoms with E-state index in [0.29, 0.717) is 12.2 Å². The molecule has 0 radical (unpaired) electrons. The van der Waals surface area contributed by atoms with Crippen LogP contribution in [-0.4, -0.2) is 26.2 Å². The normalized spacial score (nSPS) is 11.5. The van der Waals surface area contributed by atoms with Crippen LogP contribution in [0.4, 0.5) is 0 Å². The maximum Gasteiger partial charge on any atom is 0.265 e. The first kappa shape index (κ1) is 13.2. The molecule has 0 bridgehead atoms. The van der Waals surface area contributed by atoms with Crippen molar-refractivity contribution < 1.29 is 14.4 Å². The van der Waals surface area contributed by atoms with E-state index in [2.05, 4.69) is 5.48 Å². The predicted octanol–water partition coefficient (Wildman–Crippen LogP) is 0.988. The fourth-order valence-corrected chi connectivity index (χ4v) is 1.24. The van der Waals surface area contributed by atoms with Crippen LogP contribution in [0.15, 0.2) is 30.3 Å². The summed E-state index contributed by atoms with van der Waals surface area (Å²) >= 11 is 0. The van der Waals surface area contributed by atoms with E-state index < -0.39 is 11.8 Å². The zero-order valence-electron chi connectivity index (χ0n) is 9.55. The molecular weight excluding hydrogens is 220 g/mol. The van der Waals surface area contributed by atoms with E-state index in [1.165, 1.54) is 7.11 Å². The lowest BCUT2D eigenvalue weighted by Gasteiger charge is -2.10. The molecule has 5 nitrogen and oxygen atoms in total. The van der Waals surface area contributed by atoms with Crippen LogP contribution in [0.2, 0.25) is 0 Å². The number of rotatable bonds is 6. The maximum absolute atomic E-state index is 11.6. The predicted molar refractivity (Wildman–Crippen MR) is 60.8 cm³/mol. The van der Waals surface area contributed by atoms with Crippen molar-refractivity contribution in [3.8, 4) is 6.07 Å². The number of hydrogen-bond acceptors (Lipinski definition) is 4. The zero-order chi connectivity index (χ0) is 12.5. The Kier molecular flexibility index (Phi) is 5.72. The molecule has 1 aromatic carbocycles. The van der Waals surface area contributed by atoms with Gasteiger partial charge >= 0.3 is 0 Å². The molecule has 90 valence electrons. The lowest BCUT2D eigenvalue weighted by atomic mass is 10.0. The number of hydroxylamine groups is 1. The number of benzene rings is 1. The SMILES string of the molecule is COCCONC(=O)C(C#N)c1ccccc1. The summed E-state index contributed by atoms with van der Waals surface area (Å²) in [6, 6.07) is 10.8. The summed E-state index contributed by atoms with van der Waals surface area (Å²) in [7, 11) is 1.53. The zero-order valence-corrected chi connectivity index (χ0v) is 9.55. The topological polar surface area (TPSA) is 71.3 Å². The number of carbonyl (C=O) groups is 1. The summed E-state index contributed by atoms with van der Waals surface area (Å²) in [4.78, 5) is 16.5. The van der Waals surface area contributed by atoms with Gasteiger partial charge in [-0.25, -0.2) is 5.48 Å². The van der Waals surface area contributed by atoms with Crippen molar-refractivity contribution in [3.05, 3.63) is 35.9 Å². The number of ether oxygens (including phenoxy) is 1. The van der Waals surface area contributed by atoms with E-state index in [1.807, 2.05) is 12.1 Å². The Hall–Kier alpha value is -1.90. The summed E-state index contributed by atoms with van der Waals surface area (Å²) in [6.07, 6.45) is 0. The molecule has 1 aromatic rings. The van der Waals surface area contributed by atoms with Gasteiger partial charge in [0.15, 0.2) is 5.92 Å². The molecule has 0 aliphatic carbocycles. The Balaban J connectivity index is 2.52. The number of amides is 1. The Morgan fingerprint density at radius 2 is 2.12 bits per heavy atom. The highest BCUT2D eigenvalue weighted by atomic mass is 16.7. The van der Waals surface area contributed by atoms with E-state index in [-0.39, 0.29) is 6.61 Å². The van der Waals surface area contributed by atoms with Gasteiger partial charge in [0.2, 0.25) is 0 Å². The monoisotopic (exact) mass is 234 g/mol. The van der Waals surface area contributed by atoms with E-state index in [1.54, 1.807) is 24.3 Å². The summed E-state index contributed by atoms with van der Waals surface area (Å²) in [5.74, 6) is -1.34. The lowest BCUT2D eigenvalue weighted by molar-refractivity contribution is -0.134. The van der Waals surface area contributed by atoms with Gasteiger partial charge in [-0.05, 0) is 5.56 Å². The Morgan fingerprint density at radius 3 is 2.71 bits per heavy atom. The second-order valence-electron chi connectivity index (χ2n) is 3.28. The number of nitrogens with one attached hydrogen (secondary N) is 1. The van der Waals surface area contributed by atoms with Crippen molar-refractivity contribution in [1.82, 2.24) is 5.48 Å². The molecule has 0 aromatic heterocycles. The van der Waals surface area contributed by atoms with Crippen LogP contribution in [-0.2, 0) is 14.4 Å². The number of nitriles is 1. The van der Waals surface area contributed by atoms with Crippen molar-refractivity contribution >= 4 is 5.91 Å². The van der Waals surface area contributed by atoms with Gasteiger partial charge in [-0.2, -0.15) is 5.26 Å². The van der Waals surface area contributed by atoms with Crippen LogP contribution >= 0.6 is 0 Å². The first-order valence-corrected chi connectivity index (χ1v) is 5.14. The molecule has 0 fully saturated rings. The lowest BCUT2D eigenvalue weighted by Crippen LogP contribution is -2.30. The van der Waals surface area contributed by atoms with Gasteiger partial charge in [-0.3, -0.25) is 9.63 Å². The Labute approximate surface area is 99.9 Å². The van der Waals surface area contributed by atoms with E-state index in [9.17, 15) is 4.79 Å². The Morgan fingerprint density at radius 1 is 1.41 bits per heavy atom. The van der Waals surface area contributed by atoms with Gasteiger partial charge in [0.05, 0.1) is 19.3 Å². The number of carbonyl (C=O) groups excluding carboxylic acids is 1. The van der Waals surface area contributed by atoms with Crippen molar-refractivity contribution in [2.24, 2.45) is 0 Å². The van der Waals surface area contributed by atoms with Crippen molar-refractivity contribution in [1.29, 1.82) is 5.26 Å². The molecule has 0 aliphatic heterocycles. The highest BCUT2D eigenvalue weighted by Crippen LogP contribution is 2.14. The van der Waals surface area contributed by atoms with Crippen molar-refractivity contribution in [2.45, 2.75) is 5.92 Å². The van der Waals surface area contributed by atoms with Crippen molar-refractivity contribution in [3.63, 3.8) is 0 Å². The summed E-state index contributed by atoms with van der Waals surface area (Å²) in [5.41, 5.74) is 2.87. The first-order valence-electron chi connectivity index (χ1n) is 5.14. The fourth-order valence-electron chi connectivity index (χ4n) is 1.24. The molecule has 0 heterocycles. The third-order valence-corrected chi connectivity index (χ3v) is 2.09. The smallest absolute Gasteiger partial charge is 0.265 e. The summed E-state index contributed by atoms with van der Waals surface area (Å²) in [6.45, 7) is 0.623. The standard InChI is InChI=1S/C12H14N2O3/c1-16-7-8-17-14-12(15)11(9-13)10-5-3-2-4-6-10/h2-6,11H,7-8H2,1H3,(H,14,15). The van der Waals surface area contributed by atoms with Gasteiger partial charge in [0.1, 0.15) is 0 Å². The highest BCUT2D eigenvalue weighted by molar-refractivity contribution is 5.85. The molecule has 1 atom stereocenters. The second kappa shape index (κ2) is 7.39. The largest absolute Gasteiger partial charge is 0.382 e. The minimum absolute atomic E-state index is 0.245. The fraction of sp³-hybridized carbons (Fsp3) is 0.333. The Bertz CT molecular complexity index is 386. The molecule has 5 heteroatoms. The molecule has 1 unspecified atom stereocenters. The molecule has 17 heavy (non-hydrogen) atoms. The quantitative estimate of drug-likeness (QED) is 0.588. The molecule has 0 aliphatic rings. The maximum atomic E-state index is 11.6. The van der Waals surface area contributed by atoms with E-state index in [0.717, 1.165) is 0 Å². The minimum Gasteiger partial charge on any atom is -0.382 e. The van der Waals surface area contributed by atoms with Gasteiger partial charge in [-0.15, -0.1) is 0 Å².